The molecule has 3 aromatic rings. The van der Waals surface area contributed by atoms with E-state index in [0.717, 1.165) is 22.4 Å². The summed E-state index contributed by atoms with van der Waals surface area (Å²) in [5.41, 5.74) is 3.80. The number of hydrogen-bond acceptors (Lipinski definition) is 6. The molecule has 0 aromatic heterocycles. The number of ether oxygens (including phenoxy) is 5. The summed E-state index contributed by atoms with van der Waals surface area (Å²) in [7, 11) is 0. The van der Waals surface area contributed by atoms with Gasteiger partial charge in [-0.3, -0.25) is 4.99 Å². The van der Waals surface area contributed by atoms with Gasteiger partial charge in [0.15, 0.2) is 12.1 Å². The maximum atomic E-state index is 6.66. The van der Waals surface area contributed by atoms with Crippen LogP contribution in [-0.2, 0) is 30.3 Å². The Hall–Kier alpha value is -3.00. The number of halogens is 1. The molecular formula is C31H30ClNO5. The molecule has 0 amide bonds. The van der Waals surface area contributed by atoms with Gasteiger partial charge in [-0.15, -0.1) is 0 Å². The lowest BCUT2D eigenvalue weighted by molar-refractivity contribution is -0.229. The monoisotopic (exact) mass is 531 g/mol. The zero-order chi connectivity index (χ0) is 26.1. The molecule has 6 nitrogen and oxygen atoms in total. The molecule has 0 aliphatic carbocycles. The second-order valence-corrected chi connectivity index (χ2v) is 10.5. The molecule has 6 rings (SSSR count). The number of allylic oxidation sites excluding steroid dienone is 1. The van der Waals surface area contributed by atoms with Gasteiger partial charge < -0.3 is 23.7 Å². The van der Waals surface area contributed by atoms with Gasteiger partial charge in [0.05, 0.1) is 18.9 Å². The van der Waals surface area contributed by atoms with Crippen molar-refractivity contribution in [3.8, 4) is 0 Å². The molecule has 5 atom stereocenters. The van der Waals surface area contributed by atoms with Gasteiger partial charge in [-0.25, -0.2) is 0 Å². The minimum atomic E-state index is -0.756. The summed E-state index contributed by atoms with van der Waals surface area (Å²) >= 11 is 6.14. The highest BCUT2D eigenvalue weighted by Gasteiger charge is 2.58. The van der Waals surface area contributed by atoms with Gasteiger partial charge in [-0.1, -0.05) is 84.4 Å². The van der Waals surface area contributed by atoms with Crippen molar-refractivity contribution >= 4 is 23.1 Å². The van der Waals surface area contributed by atoms with Crippen LogP contribution in [0.2, 0.25) is 5.02 Å². The highest BCUT2D eigenvalue weighted by atomic mass is 35.5. The van der Waals surface area contributed by atoms with Crippen LogP contribution >= 0.6 is 11.6 Å². The number of benzene rings is 3. The summed E-state index contributed by atoms with van der Waals surface area (Å²) in [4.78, 5) is 4.96. The molecule has 2 fully saturated rings. The van der Waals surface area contributed by atoms with E-state index in [0.29, 0.717) is 23.9 Å². The summed E-state index contributed by atoms with van der Waals surface area (Å²) in [5.74, 6) is -0.0417. The fraction of sp³-hybridized carbons (Fsp3) is 0.323. The number of rotatable bonds is 6. The Bertz CT molecular complexity index is 1310. The van der Waals surface area contributed by atoms with E-state index in [9.17, 15) is 0 Å². The minimum absolute atomic E-state index is 0.378. The van der Waals surface area contributed by atoms with Crippen LogP contribution in [0, 0.1) is 0 Å². The van der Waals surface area contributed by atoms with E-state index < -0.39 is 30.4 Å². The maximum absolute atomic E-state index is 6.66. The number of aliphatic imine (C=N–C) groups is 1. The first kappa shape index (κ1) is 25.3. The molecule has 0 spiro atoms. The molecule has 3 aliphatic rings. The zero-order valence-corrected chi connectivity index (χ0v) is 22.1. The Morgan fingerprint density at radius 1 is 0.868 bits per heavy atom. The Labute approximate surface area is 227 Å². The topological polar surface area (TPSA) is 58.5 Å². The van der Waals surface area contributed by atoms with E-state index in [1.165, 1.54) is 0 Å². The molecule has 0 bridgehead atoms. The Morgan fingerprint density at radius 2 is 1.58 bits per heavy atom. The minimum Gasteiger partial charge on any atom is -0.485 e. The van der Waals surface area contributed by atoms with E-state index in [1.807, 2.05) is 105 Å². The predicted molar refractivity (Wildman–Crippen MR) is 146 cm³/mol. The third-order valence-corrected chi connectivity index (χ3v) is 7.12. The molecule has 0 saturated carbocycles. The van der Waals surface area contributed by atoms with Crippen LogP contribution in [0.5, 0.6) is 0 Å². The zero-order valence-electron chi connectivity index (χ0n) is 21.3. The smallest absolute Gasteiger partial charge is 0.190 e. The average molecular weight is 532 g/mol. The lowest BCUT2D eigenvalue weighted by atomic mass is 10.0. The van der Waals surface area contributed by atoms with Crippen molar-refractivity contribution < 1.29 is 23.7 Å². The molecule has 3 aliphatic heterocycles. The van der Waals surface area contributed by atoms with Gasteiger partial charge in [0, 0.05) is 16.7 Å². The summed E-state index contributed by atoms with van der Waals surface area (Å²) in [6.45, 7) is 4.58. The van der Waals surface area contributed by atoms with Crippen molar-refractivity contribution in [3.63, 3.8) is 0 Å². The van der Waals surface area contributed by atoms with Gasteiger partial charge in [0.1, 0.15) is 30.2 Å². The first-order chi connectivity index (χ1) is 18.4. The standard InChI is InChI=1S/C31H30ClNO5/c1-31(2)37-29-28(34-19-20-9-5-3-6-10-20)27(36-30(29)38-31)26-18-33-24(21-13-15-23(32)16-14-21)17-25(35-26)22-11-7-4-8-12-22/h3-17,26-30H,18-19H2,1-2H3/t26-,27+,28-,29+,30+/m0/s1. The molecule has 3 aromatic carbocycles. The van der Waals surface area contributed by atoms with Crippen molar-refractivity contribution in [1.82, 2.24) is 0 Å². The molecule has 196 valence electrons. The molecule has 7 heteroatoms. The van der Waals surface area contributed by atoms with Gasteiger partial charge in [-0.2, -0.15) is 0 Å². The SMILES string of the molecule is CC1(C)O[C@H]2O[C@H]([C@@H]3CN=C(c4ccc(Cl)cc4)C=C(c4ccccc4)O3)[C@H](OCc3ccccc3)[C@H]2O1. The molecule has 2 saturated heterocycles. The van der Waals surface area contributed by atoms with E-state index in [4.69, 9.17) is 40.3 Å². The predicted octanol–water partition coefficient (Wildman–Crippen LogP) is 6.03. The quantitative estimate of drug-likeness (QED) is 0.388. The second kappa shape index (κ2) is 10.6. The van der Waals surface area contributed by atoms with Crippen LogP contribution in [0.1, 0.15) is 30.5 Å². The number of fused-ring (bicyclic) bond motifs is 1. The van der Waals surface area contributed by atoms with Crippen LogP contribution in [0.4, 0.5) is 0 Å². The highest BCUT2D eigenvalue weighted by Crippen LogP contribution is 2.41. The average Bonchev–Trinajstić information content (AvgIpc) is 3.29. The third-order valence-electron chi connectivity index (χ3n) is 6.86. The maximum Gasteiger partial charge on any atom is 0.190 e. The van der Waals surface area contributed by atoms with Gasteiger partial charge in [0.2, 0.25) is 0 Å². The summed E-state index contributed by atoms with van der Waals surface area (Å²) in [6, 6.07) is 27.7. The van der Waals surface area contributed by atoms with Crippen molar-refractivity contribution in [2.75, 3.05) is 6.54 Å². The number of hydrogen-bond donors (Lipinski definition) is 0. The van der Waals surface area contributed by atoms with Gasteiger partial charge in [0.25, 0.3) is 0 Å². The highest BCUT2D eigenvalue weighted by molar-refractivity contribution is 6.30. The largest absolute Gasteiger partial charge is 0.485 e. The van der Waals surface area contributed by atoms with Crippen LogP contribution in [0.25, 0.3) is 5.76 Å². The normalized spacial score (nSPS) is 28.1. The third kappa shape index (κ3) is 5.41. The van der Waals surface area contributed by atoms with E-state index in [-0.39, 0.29) is 6.10 Å². The lowest BCUT2D eigenvalue weighted by Crippen LogP contribution is -2.44. The fourth-order valence-corrected chi connectivity index (χ4v) is 5.20. The second-order valence-electron chi connectivity index (χ2n) is 10.1. The Kier molecular flexibility index (Phi) is 7.08. The Morgan fingerprint density at radius 3 is 2.32 bits per heavy atom. The fourth-order valence-electron chi connectivity index (χ4n) is 5.07. The number of nitrogens with zero attached hydrogens (tertiary/aromatic N) is 1. The first-order valence-corrected chi connectivity index (χ1v) is 13.2. The van der Waals surface area contributed by atoms with Crippen LogP contribution in [-0.4, -0.2) is 48.7 Å². The molecule has 3 heterocycles. The summed E-state index contributed by atoms with van der Waals surface area (Å²) in [5, 5.41) is 0.677. The van der Waals surface area contributed by atoms with Gasteiger partial charge in [-0.05, 0) is 37.1 Å². The molecule has 38 heavy (non-hydrogen) atoms. The van der Waals surface area contributed by atoms with E-state index >= 15 is 0 Å². The summed E-state index contributed by atoms with van der Waals surface area (Å²) in [6.07, 6.45) is -0.236. The van der Waals surface area contributed by atoms with Crippen molar-refractivity contribution in [2.45, 2.75) is 56.9 Å². The van der Waals surface area contributed by atoms with E-state index in [2.05, 4.69) is 0 Å². The molecule has 0 radical (unpaired) electrons. The van der Waals surface area contributed by atoms with Crippen molar-refractivity contribution in [3.05, 3.63) is 113 Å². The molecular weight excluding hydrogens is 502 g/mol. The van der Waals surface area contributed by atoms with E-state index in [1.54, 1.807) is 0 Å². The lowest BCUT2D eigenvalue weighted by Gasteiger charge is -2.30. The van der Waals surface area contributed by atoms with Crippen molar-refractivity contribution in [1.29, 1.82) is 0 Å². The van der Waals surface area contributed by atoms with Crippen LogP contribution in [0.15, 0.2) is 96.0 Å². The first-order valence-electron chi connectivity index (χ1n) is 12.9. The Balaban J connectivity index is 1.31. The summed E-state index contributed by atoms with van der Waals surface area (Å²) < 4.78 is 31.9. The van der Waals surface area contributed by atoms with Crippen molar-refractivity contribution in [2.24, 2.45) is 4.99 Å². The van der Waals surface area contributed by atoms with Crippen LogP contribution < -0.4 is 0 Å². The molecule has 0 N–H and O–H groups in total. The molecule has 0 unspecified atom stereocenters. The van der Waals surface area contributed by atoms with Crippen LogP contribution in [0.3, 0.4) is 0 Å². The van der Waals surface area contributed by atoms with Gasteiger partial charge >= 0.3 is 0 Å².